The van der Waals surface area contributed by atoms with E-state index in [1.165, 1.54) is 3.97 Å². The Labute approximate surface area is 413 Å². The summed E-state index contributed by atoms with van der Waals surface area (Å²) in [4.78, 5) is 0.212. The summed E-state index contributed by atoms with van der Waals surface area (Å²) in [5.74, 6) is 0. The highest BCUT2D eigenvalue weighted by Crippen LogP contribution is 2.39. The summed E-state index contributed by atoms with van der Waals surface area (Å²) in [6.07, 6.45) is -1.69. The van der Waals surface area contributed by atoms with E-state index in [-0.39, 0.29) is 36.4 Å². The summed E-state index contributed by atoms with van der Waals surface area (Å²) in [5.41, 5.74) is 4.39. The van der Waals surface area contributed by atoms with Crippen LogP contribution >= 0.6 is 0 Å². The van der Waals surface area contributed by atoms with Crippen molar-refractivity contribution in [1.29, 1.82) is 0 Å². The van der Waals surface area contributed by atoms with Crippen LogP contribution < -0.4 is 10.4 Å². The first-order valence-corrected chi connectivity index (χ1v) is 27.3. The zero-order valence-electron chi connectivity index (χ0n) is 40.0. The van der Waals surface area contributed by atoms with Crippen molar-refractivity contribution in [3.63, 3.8) is 0 Å². The molecule has 1 saturated heterocycles. The standard InChI is InChI=1S/C59H61NO8SSi/c1-59(2,3)70(50-32-18-8-19-33-50,51-34-20-9-21-35-51)67-44-54-55(64-41-45-24-10-4-11-25-45)56(65-42-46-26-12-5-13-27-46)57(66-43-47-28-14-6-15-29-47)58(68-54)63-39-38-48-40-60(53-37-23-22-36-52(48)53)69(61,62)49-30-16-7-17-31-49/h4-37,40,54-58H,38-39,41-44H2,1-3H3/t54-,55-,56+,57-,58-/m1/s1. The van der Waals surface area contributed by atoms with E-state index in [9.17, 15) is 8.42 Å². The molecule has 11 heteroatoms. The van der Waals surface area contributed by atoms with E-state index in [0.717, 1.165) is 38.0 Å². The number of rotatable bonds is 20. The van der Waals surface area contributed by atoms with Gasteiger partial charge in [0.2, 0.25) is 0 Å². The topological polar surface area (TPSA) is 94.5 Å². The van der Waals surface area contributed by atoms with Gasteiger partial charge in [0.1, 0.15) is 24.4 Å². The average Bonchev–Trinajstić information content (AvgIpc) is 3.78. The van der Waals surface area contributed by atoms with Gasteiger partial charge < -0.3 is 28.1 Å². The zero-order valence-corrected chi connectivity index (χ0v) is 41.8. The molecule has 0 saturated carbocycles. The van der Waals surface area contributed by atoms with Crippen molar-refractivity contribution in [3.8, 4) is 0 Å². The molecule has 8 aromatic rings. The van der Waals surface area contributed by atoms with Crippen molar-refractivity contribution in [2.45, 2.75) is 87.7 Å². The zero-order chi connectivity index (χ0) is 48.4. The molecule has 0 amide bonds. The van der Waals surface area contributed by atoms with E-state index >= 15 is 0 Å². The van der Waals surface area contributed by atoms with Crippen LogP contribution in [0.3, 0.4) is 0 Å². The SMILES string of the molecule is CC(C)(C)[Si](OC[C@H]1O[C@@H](OCCc2cn(S(=O)(=O)c3ccccc3)c3ccccc23)[C@H](OCc2ccccc2)[C@@H](OCc2ccccc2)[C@@H]1OCc1ccccc1)(c1ccccc1)c1ccccc1. The monoisotopic (exact) mass is 971 g/mol. The van der Waals surface area contributed by atoms with Crippen LogP contribution in [0.4, 0.5) is 0 Å². The molecule has 360 valence electrons. The van der Waals surface area contributed by atoms with Gasteiger partial charge in [-0.15, -0.1) is 0 Å². The third kappa shape index (κ3) is 11.0. The van der Waals surface area contributed by atoms with Gasteiger partial charge in [0, 0.05) is 11.6 Å². The molecular formula is C59H61NO8SSi. The van der Waals surface area contributed by atoms with Crippen LogP contribution in [-0.2, 0) is 64.4 Å². The van der Waals surface area contributed by atoms with Crippen LogP contribution in [0.25, 0.3) is 10.9 Å². The molecule has 70 heavy (non-hydrogen) atoms. The first kappa shape index (κ1) is 49.0. The van der Waals surface area contributed by atoms with Gasteiger partial charge in [-0.3, -0.25) is 0 Å². The molecule has 0 unspecified atom stereocenters. The molecule has 9 rings (SSSR count). The van der Waals surface area contributed by atoms with Gasteiger partial charge in [-0.2, -0.15) is 0 Å². The second-order valence-corrected chi connectivity index (χ2v) is 24.8. The maximum Gasteiger partial charge on any atom is 0.268 e. The van der Waals surface area contributed by atoms with Gasteiger partial charge in [-0.05, 0) is 62.3 Å². The fraction of sp³-hybridized carbons (Fsp3) is 0.254. The molecule has 1 aliphatic rings. The lowest BCUT2D eigenvalue weighted by atomic mass is 9.97. The number of aromatic nitrogens is 1. The van der Waals surface area contributed by atoms with Crippen molar-refractivity contribution in [2.24, 2.45) is 0 Å². The van der Waals surface area contributed by atoms with Gasteiger partial charge in [0.15, 0.2) is 6.29 Å². The molecule has 0 aliphatic carbocycles. The maximum absolute atomic E-state index is 14.1. The number of para-hydroxylation sites is 1. The van der Waals surface area contributed by atoms with Crippen LogP contribution in [0.5, 0.6) is 0 Å². The van der Waals surface area contributed by atoms with E-state index in [1.807, 2.05) is 115 Å². The Morgan fingerprint density at radius 3 is 1.49 bits per heavy atom. The Bertz CT molecular complexity index is 2930. The molecule has 1 fully saturated rings. The maximum atomic E-state index is 14.1. The number of fused-ring (bicyclic) bond motifs is 1. The van der Waals surface area contributed by atoms with E-state index in [4.69, 9.17) is 28.1 Å². The highest BCUT2D eigenvalue weighted by Gasteiger charge is 2.54. The van der Waals surface area contributed by atoms with Crippen LogP contribution in [-0.4, -0.2) is 64.6 Å². The van der Waals surface area contributed by atoms with Gasteiger partial charge in [0.05, 0.1) is 43.4 Å². The Balaban J connectivity index is 1.10. The minimum absolute atomic E-state index is 0.161. The molecule has 1 aromatic heterocycles. The molecule has 1 aliphatic heterocycles. The van der Waals surface area contributed by atoms with E-state index in [1.54, 1.807) is 36.5 Å². The number of nitrogens with zero attached hydrogens (tertiary/aromatic N) is 1. The smallest absolute Gasteiger partial charge is 0.268 e. The van der Waals surface area contributed by atoms with E-state index in [2.05, 4.69) is 81.4 Å². The number of hydrogen-bond donors (Lipinski definition) is 0. The summed E-state index contributed by atoms with van der Waals surface area (Å²) in [6, 6.07) is 67.4. The summed E-state index contributed by atoms with van der Waals surface area (Å²) in [5, 5.41) is 2.81. The quantitative estimate of drug-likeness (QED) is 0.0697. The van der Waals surface area contributed by atoms with Crippen molar-refractivity contribution >= 4 is 39.6 Å². The number of ether oxygens (including phenoxy) is 5. The van der Waals surface area contributed by atoms with Crippen LogP contribution in [0, 0.1) is 0 Å². The van der Waals surface area contributed by atoms with Gasteiger partial charge in [-0.25, -0.2) is 12.4 Å². The molecule has 0 radical (unpaired) electrons. The Morgan fingerprint density at radius 2 is 0.971 bits per heavy atom. The minimum Gasteiger partial charge on any atom is -0.405 e. The van der Waals surface area contributed by atoms with E-state index < -0.39 is 49.0 Å². The van der Waals surface area contributed by atoms with Crippen molar-refractivity contribution in [2.75, 3.05) is 13.2 Å². The second kappa shape index (κ2) is 22.4. The van der Waals surface area contributed by atoms with Crippen LogP contribution in [0.1, 0.15) is 43.0 Å². The molecular weight excluding hydrogens is 911 g/mol. The highest BCUT2D eigenvalue weighted by atomic mass is 32.2. The fourth-order valence-corrected chi connectivity index (χ4v) is 15.6. The summed E-state index contributed by atoms with van der Waals surface area (Å²) >= 11 is 0. The molecule has 2 heterocycles. The number of benzene rings is 7. The van der Waals surface area contributed by atoms with E-state index in [0.29, 0.717) is 18.5 Å². The predicted octanol–water partition coefficient (Wildman–Crippen LogP) is 10.5. The second-order valence-electron chi connectivity index (χ2n) is 18.7. The van der Waals surface area contributed by atoms with Gasteiger partial charge in [0.25, 0.3) is 18.3 Å². The largest absolute Gasteiger partial charge is 0.405 e. The molecule has 7 aromatic carbocycles. The molecule has 5 atom stereocenters. The predicted molar refractivity (Wildman–Crippen MR) is 278 cm³/mol. The first-order valence-electron chi connectivity index (χ1n) is 24.0. The lowest BCUT2D eigenvalue weighted by Gasteiger charge is -2.48. The number of hydrogen-bond acceptors (Lipinski definition) is 8. The minimum atomic E-state index is -3.89. The van der Waals surface area contributed by atoms with Crippen molar-refractivity contribution < 1.29 is 36.5 Å². The third-order valence-corrected chi connectivity index (χ3v) is 19.7. The molecule has 9 nitrogen and oxygen atoms in total. The Kier molecular flexibility index (Phi) is 15.7. The van der Waals surface area contributed by atoms with Crippen LogP contribution in [0.15, 0.2) is 217 Å². The fourth-order valence-electron chi connectivity index (χ4n) is 9.59. The molecule has 0 N–H and O–H groups in total. The molecule has 0 spiro atoms. The third-order valence-electron chi connectivity index (χ3n) is 13.0. The lowest BCUT2D eigenvalue weighted by Crippen LogP contribution is -2.68. The summed E-state index contributed by atoms with van der Waals surface area (Å²) in [6.45, 7) is 7.97. The van der Waals surface area contributed by atoms with Crippen molar-refractivity contribution in [1.82, 2.24) is 3.97 Å². The van der Waals surface area contributed by atoms with Crippen molar-refractivity contribution in [3.05, 3.63) is 235 Å². The Hall–Kier alpha value is -5.99. The molecule has 0 bridgehead atoms. The van der Waals surface area contributed by atoms with Crippen LogP contribution in [0.2, 0.25) is 5.04 Å². The lowest BCUT2D eigenvalue weighted by molar-refractivity contribution is -0.325. The highest BCUT2D eigenvalue weighted by molar-refractivity contribution is 7.90. The summed E-state index contributed by atoms with van der Waals surface area (Å²) < 4.78 is 72.4. The first-order chi connectivity index (χ1) is 34.1. The summed E-state index contributed by atoms with van der Waals surface area (Å²) in [7, 11) is -6.96. The normalized spacial score (nSPS) is 18.8. The van der Waals surface area contributed by atoms with Gasteiger partial charge in [-0.1, -0.05) is 209 Å². The van der Waals surface area contributed by atoms with Gasteiger partial charge >= 0.3 is 0 Å². The average molecular weight is 972 g/mol. The Morgan fingerprint density at radius 1 is 0.529 bits per heavy atom.